The third kappa shape index (κ3) is 12.1. The summed E-state index contributed by atoms with van der Waals surface area (Å²) in [7, 11) is 1.35. The molecule has 5 amide bonds. The van der Waals surface area contributed by atoms with Crippen molar-refractivity contribution in [2.75, 3.05) is 20.1 Å². The maximum absolute atomic E-state index is 14.6. The molecule has 3 aromatic carbocycles. The highest BCUT2D eigenvalue weighted by Gasteiger charge is 2.45. The lowest BCUT2D eigenvalue weighted by Gasteiger charge is -2.38. The predicted octanol–water partition coefficient (Wildman–Crippen LogP) is 6.54. The van der Waals surface area contributed by atoms with Crippen molar-refractivity contribution in [3.63, 3.8) is 0 Å². The highest BCUT2D eigenvalue weighted by molar-refractivity contribution is 5.89. The van der Waals surface area contributed by atoms with Gasteiger partial charge in [-0.2, -0.15) is 0 Å². The first-order valence-corrected chi connectivity index (χ1v) is 20.8. The fraction of sp³-hybridized carbons (Fsp3) is 0.426. The smallest absolute Gasteiger partial charge is 0.407 e. The third-order valence-electron chi connectivity index (χ3n) is 11.1. The fourth-order valence-electron chi connectivity index (χ4n) is 8.21. The van der Waals surface area contributed by atoms with Crippen LogP contribution in [0.2, 0.25) is 0 Å². The molecule has 15 nitrogen and oxygen atoms in total. The van der Waals surface area contributed by atoms with E-state index in [1.807, 2.05) is 93.6 Å². The van der Waals surface area contributed by atoms with Crippen LogP contribution in [0.4, 0.5) is 15.3 Å². The maximum atomic E-state index is 14.6. The van der Waals surface area contributed by atoms with Crippen molar-refractivity contribution in [2.24, 2.45) is 10.8 Å². The highest BCUT2D eigenvalue weighted by Crippen LogP contribution is 2.30. The number of aliphatic hydroxyl groups excluding tert-OH is 1. The molecule has 1 aliphatic rings. The minimum atomic E-state index is -1.26. The van der Waals surface area contributed by atoms with E-state index < -0.39 is 63.9 Å². The molecule has 1 aliphatic heterocycles. The van der Waals surface area contributed by atoms with E-state index in [0.717, 1.165) is 27.3 Å². The number of hydrogen-bond donors (Lipinski definition) is 4. The van der Waals surface area contributed by atoms with Gasteiger partial charge in [0, 0.05) is 56.6 Å². The number of carbonyl (C=O) groups is 4. The van der Waals surface area contributed by atoms with Gasteiger partial charge in [-0.15, -0.1) is 0 Å². The van der Waals surface area contributed by atoms with E-state index in [2.05, 4.69) is 15.6 Å². The predicted molar refractivity (Wildman–Crippen MR) is 236 cm³/mol. The van der Waals surface area contributed by atoms with Crippen molar-refractivity contribution in [1.82, 2.24) is 30.3 Å². The molecule has 5 rings (SSSR count). The molecule has 0 spiro atoms. The molecule has 62 heavy (non-hydrogen) atoms. The standard InChI is InChI=1S/C47H59N7O8/c1-46(2,3)40(51(7)45(59)60)42(56)49-35(26-32-19-21-34(22-20-32)37-18-11-12-23-48-37)29-39(55)38(28-31-14-9-8-10-15-31)50-43(57)41(47(4,5)6)53-25-24-52(44(53)58)30-33-16-13-17-36(27-33)54(61)62/h8-23,27,35,38-41,55H,24-26,28-30H2,1-7H3,(H,49,56)(H,50,57)(H,59,60)/t35-,38-,39-,40+,41+/m0/s1. The van der Waals surface area contributed by atoms with E-state index in [1.54, 1.807) is 44.0 Å². The summed E-state index contributed by atoms with van der Waals surface area (Å²) >= 11 is 0. The molecular weight excluding hydrogens is 791 g/mol. The van der Waals surface area contributed by atoms with Crippen LogP contribution in [0.15, 0.2) is 103 Å². The zero-order valence-corrected chi connectivity index (χ0v) is 36.5. The Morgan fingerprint density at radius 2 is 1.47 bits per heavy atom. The van der Waals surface area contributed by atoms with Crippen LogP contribution in [-0.2, 0) is 29.0 Å². The number of non-ortho nitro benzene ring substituents is 1. The second-order valence-corrected chi connectivity index (χ2v) is 18.2. The molecule has 2 heterocycles. The number of urea groups is 1. The summed E-state index contributed by atoms with van der Waals surface area (Å²) in [5.74, 6) is -0.993. The van der Waals surface area contributed by atoms with Crippen LogP contribution in [0.5, 0.6) is 0 Å². The zero-order chi connectivity index (χ0) is 45.4. The van der Waals surface area contributed by atoms with Crippen molar-refractivity contribution in [2.45, 2.75) is 97.6 Å². The Labute approximate surface area is 363 Å². The van der Waals surface area contributed by atoms with E-state index in [9.17, 15) is 39.5 Å². The van der Waals surface area contributed by atoms with Crippen LogP contribution < -0.4 is 10.6 Å². The molecule has 5 atom stereocenters. The number of hydrogen-bond acceptors (Lipinski definition) is 8. The van der Waals surface area contributed by atoms with Gasteiger partial charge in [-0.25, -0.2) is 9.59 Å². The van der Waals surface area contributed by atoms with Crippen LogP contribution >= 0.6 is 0 Å². The SMILES string of the molecule is CN(C(=O)O)[C@H](C(=O)N[C@@H](Cc1ccc(-c2ccccn2)cc1)C[C@H](O)[C@H](Cc1ccccc1)NC(=O)[C@@H](N1CCN(Cc2cccc([N+](=O)[O-])c2)C1=O)C(C)(C)C)C(C)(C)C. The summed E-state index contributed by atoms with van der Waals surface area (Å²) in [5, 5.41) is 39.7. The number of likely N-dealkylation sites (N-methyl/N-ethyl adjacent to an activating group) is 1. The lowest BCUT2D eigenvalue weighted by molar-refractivity contribution is -0.384. The van der Waals surface area contributed by atoms with Gasteiger partial charge in [0.2, 0.25) is 11.8 Å². The number of rotatable bonds is 17. The molecule has 330 valence electrons. The normalized spacial score (nSPS) is 15.6. The number of amides is 5. The molecule has 0 radical (unpaired) electrons. The van der Waals surface area contributed by atoms with Gasteiger partial charge in [-0.05, 0) is 58.9 Å². The molecule has 0 aliphatic carbocycles. The number of nitrogens with one attached hydrogen (secondary N) is 2. The first-order valence-electron chi connectivity index (χ1n) is 20.8. The van der Waals surface area contributed by atoms with Crippen LogP contribution in [0.1, 0.15) is 64.7 Å². The van der Waals surface area contributed by atoms with E-state index in [-0.39, 0.29) is 44.1 Å². The number of pyridine rings is 1. The average molecular weight is 850 g/mol. The van der Waals surface area contributed by atoms with E-state index >= 15 is 0 Å². The van der Waals surface area contributed by atoms with Gasteiger partial charge in [-0.3, -0.25) is 29.6 Å². The molecular formula is C47H59N7O8. The molecule has 0 saturated carbocycles. The molecule has 0 bridgehead atoms. The molecule has 4 N–H and O–H groups in total. The lowest BCUT2D eigenvalue weighted by Crippen LogP contribution is -2.59. The van der Waals surface area contributed by atoms with Gasteiger partial charge in [0.25, 0.3) is 5.69 Å². The molecule has 4 aromatic rings. The monoisotopic (exact) mass is 849 g/mol. The van der Waals surface area contributed by atoms with Gasteiger partial charge in [0.05, 0.1) is 22.8 Å². The molecule has 1 aromatic heterocycles. The van der Waals surface area contributed by atoms with Crippen LogP contribution in [-0.4, -0.2) is 109 Å². The summed E-state index contributed by atoms with van der Waals surface area (Å²) < 4.78 is 0. The van der Waals surface area contributed by atoms with Crippen molar-refractivity contribution in [3.05, 3.63) is 130 Å². The molecule has 1 saturated heterocycles. The number of aromatic nitrogens is 1. The van der Waals surface area contributed by atoms with Gasteiger partial charge < -0.3 is 30.6 Å². The fourth-order valence-corrected chi connectivity index (χ4v) is 8.21. The average Bonchev–Trinajstić information content (AvgIpc) is 3.55. The second-order valence-electron chi connectivity index (χ2n) is 18.2. The molecule has 1 fully saturated rings. The number of carboxylic acid groups (broad SMARTS) is 1. The summed E-state index contributed by atoms with van der Waals surface area (Å²) in [4.78, 5) is 74.3. The number of aliphatic hydroxyl groups is 1. The Morgan fingerprint density at radius 1 is 0.823 bits per heavy atom. The maximum Gasteiger partial charge on any atom is 0.407 e. The van der Waals surface area contributed by atoms with Crippen LogP contribution in [0.25, 0.3) is 11.3 Å². The Morgan fingerprint density at radius 3 is 2.06 bits per heavy atom. The van der Waals surface area contributed by atoms with Crippen molar-refractivity contribution in [1.29, 1.82) is 0 Å². The third-order valence-corrected chi connectivity index (χ3v) is 11.1. The van der Waals surface area contributed by atoms with E-state index in [0.29, 0.717) is 12.1 Å². The van der Waals surface area contributed by atoms with Gasteiger partial charge in [0.15, 0.2) is 0 Å². The minimum Gasteiger partial charge on any atom is -0.465 e. The number of benzene rings is 3. The largest absolute Gasteiger partial charge is 0.465 e. The minimum absolute atomic E-state index is 0.0149. The van der Waals surface area contributed by atoms with Crippen molar-refractivity contribution >= 4 is 29.6 Å². The Balaban J connectivity index is 1.42. The zero-order valence-electron chi connectivity index (χ0n) is 36.5. The first kappa shape index (κ1) is 46.7. The number of nitro groups is 1. The molecule has 0 unspecified atom stereocenters. The second kappa shape index (κ2) is 20.0. The van der Waals surface area contributed by atoms with E-state index in [4.69, 9.17) is 0 Å². The molecule has 15 heteroatoms. The van der Waals surface area contributed by atoms with Gasteiger partial charge in [0.1, 0.15) is 12.1 Å². The lowest BCUT2D eigenvalue weighted by atomic mass is 9.84. The summed E-state index contributed by atoms with van der Waals surface area (Å²) in [6.45, 7) is 11.6. The summed E-state index contributed by atoms with van der Waals surface area (Å²) in [6, 6.07) is 24.8. The summed E-state index contributed by atoms with van der Waals surface area (Å²) in [6.07, 6.45) is -0.279. The van der Waals surface area contributed by atoms with Crippen LogP contribution in [0.3, 0.4) is 0 Å². The summed E-state index contributed by atoms with van der Waals surface area (Å²) in [5.41, 5.74) is 2.36. The topological polar surface area (TPSA) is 199 Å². The van der Waals surface area contributed by atoms with Gasteiger partial charge in [-0.1, -0.05) is 114 Å². The highest BCUT2D eigenvalue weighted by atomic mass is 16.6. The first-order chi connectivity index (χ1) is 29.2. The number of nitro benzene ring substituents is 1. The Bertz CT molecular complexity index is 2170. The Kier molecular flexibility index (Phi) is 15.1. The Hall–Kier alpha value is -6.35. The quantitative estimate of drug-likeness (QED) is 0.0673. The van der Waals surface area contributed by atoms with Crippen molar-refractivity contribution < 1.29 is 34.3 Å². The van der Waals surface area contributed by atoms with E-state index in [1.165, 1.54) is 24.1 Å². The number of nitrogens with zero attached hydrogens (tertiary/aromatic N) is 5. The van der Waals surface area contributed by atoms with Crippen LogP contribution in [0, 0.1) is 20.9 Å². The van der Waals surface area contributed by atoms with Crippen molar-refractivity contribution in [3.8, 4) is 11.3 Å². The number of carbonyl (C=O) groups excluding carboxylic acids is 3. The van der Waals surface area contributed by atoms with Gasteiger partial charge >= 0.3 is 12.1 Å².